The lowest BCUT2D eigenvalue weighted by atomic mass is 10.1. The summed E-state index contributed by atoms with van der Waals surface area (Å²) >= 11 is 0. The molecule has 12 heteroatoms. The number of imidazole rings is 1. The van der Waals surface area contributed by atoms with Gasteiger partial charge in [-0.1, -0.05) is 26.7 Å². The molecule has 3 amide bonds. The molecule has 1 saturated heterocycles. The van der Waals surface area contributed by atoms with E-state index in [2.05, 4.69) is 20.6 Å². The second kappa shape index (κ2) is 11.1. The summed E-state index contributed by atoms with van der Waals surface area (Å²) in [5.41, 5.74) is 0. The number of nitrogens with one attached hydrogen (secondary N) is 3. The molecule has 1 unspecified atom stereocenters. The first kappa shape index (κ1) is 25.3. The molecule has 0 aromatic carbocycles. The third-order valence-corrected chi connectivity index (χ3v) is 5.22. The largest absolute Gasteiger partial charge is 0.452 e. The maximum Gasteiger partial charge on any atom is 0.452 e. The topological polar surface area (TPSA) is 124 Å². The second-order valence-corrected chi connectivity index (χ2v) is 7.65. The Morgan fingerprint density at radius 3 is 2.38 bits per heavy atom. The molecule has 1 aromatic rings. The zero-order valence-electron chi connectivity index (χ0n) is 18.0. The Kier molecular flexibility index (Phi) is 8.79. The molecule has 178 valence electrons. The van der Waals surface area contributed by atoms with Gasteiger partial charge >= 0.3 is 6.18 Å². The highest BCUT2D eigenvalue weighted by Crippen LogP contribution is 2.23. The van der Waals surface area contributed by atoms with Crippen molar-refractivity contribution < 1.29 is 32.3 Å². The fraction of sp³-hybridized carbons (Fsp3) is 0.650. The van der Waals surface area contributed by atoms with Gasteiger partial charge in [0.2, 0.25) is 11.8 Å². The Hall–Kier alpha value is -2.92. The number of hydrogen-bond donors (Lipinski definition) is 3. The van der Waals surface area contributed by atoms with Gasteiger partial charge in [0.1, 0.15) is 12.1 Å². The fourth-order valence-corrected chi connectivity index (χ4v) is 3.69. The van der Waals surface area contributed by atoms with Gasteiger partial charge < -0.3 is 20.5 Å². The lowest BCUT2D eigenvalue weighted by molar-refractivity contribution is -0.174. The number of carbonyl (C=O) groups excluding carboxylic acids is 4. The van der Waals surface area contributed by atoms with E-state index in [0.717, 1.165) is 0 Å². The Morgan fingerprint density at radius 1 is 1.16 bits per heavy atom. The van der Waals surface area contributed by atoms with Crippen molar-refractivity contribution in [3.63, 3.8) is 0 Å². The van der Waals surface area contributed by atoms with Crippen LogP contribution < -0.4 is 10.6 Å². The molecular weight excluding hydrogens is 431 g/mol. The van der Waals surface area contributed by atoms with Gasteiger partial charge in [0.15, 0.2) is 5.82 Å². The van der Waals surface area contributed by atoms with Crippen molar-refractivity contribution in [3.8, 4) is 0 Å². The number of nitrogens with zero attached hydrogens (tertiary/aromatic N) is 2. The van der Waals surface area contributed by atoms with Gasteiger partial charge in [-0.3, -0.25) is 19.2 Å². The molecule has 0 aliphatic carbocycles. The van der Waals surface area contributed by atoms with Crippen LogP contribution in [0.5, 0.6) is 0 Å². The van der Waals surface area contributed by atoms with Gasteiger partial charge in [-0.15, -0.1) is 0 Å². The lowest BCUT2D eigenvalue weighted by Crippen LogP contribution is -2.56. The van der Waals surface area contributed by atoms with Crippen molar-refractivity contribution in [2.45, 2.75) is 76.7 Å². The van der Waals surface area contributed by atoms with Crippen LogP contribution in [-0.2, 0) is 14.4 Å². The van der Waals surface area contributed by atoms with E-state index in [1.54, 1.807) is 6.92 Å². The van der Waals surface area contributed by atoms with Crippen LogP contribution in [0.1, 0.15) is 63.0 Å². The van der Waals surface area contributed by atoms with E-state index in [9.17, 15) is 32.3 Å². The van der Waals surface area contributed by atoms with Crippen molar-refractivity contribution >= 4 is 23.5 Å². The summed E-state index contributed by atoms with van der Waals surface area (Å²) in [7, 11) is 0. The molecule has 1 aliphatic rings. The normalized spacial score (nSPS) is 18.2. The molecule has 3 N–H and O–H groups in total. The minimum Gasteiger partial charge on any atom is -0.344 e. The summed E-state index contributed by atoms with van der Waals surface area (Å²) in [6, 6.07) is -3.63. The lowest BCUT2D eigenvalue weighted by Gasteiger charge is -2.29. The minimum atomic E-state index is -5.07. The Morgan fingerprint density at radius 2 is 1.81 bits per heavy atom. The first-order chi connectivity index (χ1) is 15.1. The summed E-state index contributed by atoms with van der Waals surface area (Å²) in [4.78, 5) is 57.6. The summed E-state index contributed by atoms with van der Waals surface area (Å²) in [5.74, 6) is -3.88. The Balaban J connectivity index is 2.12. The first-order valence-corrected chi connectivity index (χ1v) is 10.6. The number of amides is 3. The third kappa shape index (κ3) is 6.30. The smallest absolute Gasteiger partial charge is 0.344 e. The summed E-state index contributed by atoms with van der Waals surface area (Å²) in [6.45, 7) is 3.65. The summed E-state index contributed by atoms with van der Waals surface area (Å²) < 4.78 is 38.6. The number of aromatic amines is 1. The van der Waals surface area contributed by atoms with Gasteiger partial charge in [-0.05, 0) is 25.7 Å². The average molecular weight is 459 g/mol. The molecule has 1 fully saturated rings. The number of halogens is 3. The number of alkyl halides is 3. The van der Waals surface area contributed by atoms with Crippen molar-refractivity contribution in [2.75, 3.05) is 6.54 Å². The quantitative estimate of drug-likeness (QED) is 0.492. The van der Waals surface area contributed by atoms with Crippen LogP contribution in [0.2, 0.25) is 0 Å². The molecule has 2 rings (SSSR count). The van der Waals surface area contributed by atoms with Crippen LogP contribution in [0.3, 0.4) is 0 Å². The number of ketones is 1. The molecule has 32 heavy (non-hydrogen) atoms. The van der Waals surface area contributed by atoms with Crippen LogP contribution in [0.15, 0.2) is 12.4 Å². The highest BCUT2D eigenvalue weighted by Gasteiger charge is 2.45. The monoisotopic (exact) mass is 459 g/mol. The van der Waals surface area contributed by atoms with E-state index in [-0.39, 0.29) is 31.6 Å². The van der Waals surface area contributed by atoms with E-state index in [4.69, 9.17) is 0 Å². The minimum absolute atomic E-state index is 0.0303. The van der Waals surface area contributed by atoms with Crippen molar-refractivity contribution in [1.29, 1.82) is 0 Å². The maximum absolute atomic E-state index is 13.1. The van der Waals surface area contributed by atoms with E-state index in [1.807, 2.05) is 6.92 Å². The molecule has 0 bridgehead atoms. The van der Waals surface area contributed by atoms with E-state index in [0.29, 0.717) is 19.3 Å². The zero-order valence-corrected chi connectivity index (χ0v) is 18.0. The number of H-pyrrole nitrogens is 1. The van der Waals surface area contributed by atoms with E-state index >= 15 is 0 Å². The molecule has 0 spiro atoms. The summed E-state index contributed by atoms with van der Waals surface area (Å²) in [6.07, 6.45) is -0.523. The van der Waals surface area contributed by atoms with Crippen molar-refractivity contribution in [3.05, 3.63) is 18.2 Å². The third-order valence-electron chi connectivity index (χ3n) is 5.22. The van der Waals surface area contributed by atoms with Crippen LogP contribution in [0, 0.1) is 0 Å². The van der Waals surface area contributed by atoms with Gasteiger partial charge in [-0.2, -0.15) is 13.2 Å². The molecule has 9 nitrogen and oxygen atoms in total. The maximum atomic E-state index is 13.1. The average Bonchev–Trinajstić information content (AvgIpc) is 3.43. The molecular formula is C20H28F3N5O4. The Bertz CT molecular complexity index is 813. The molecule has 0 saturated carbocycles. The molecule has 0 radical (unpaired) electrons. The number of hydrogen-bond acceptors (Lipinski definition) is 5. The highest BCUT2D eigenvalue weighted by atomic mass is 19.4. The van der Waals surface area contributed by atoms with Crippen LogP contribution in [0.25, 0.3) is 0 Å². The first-order valence-electron chi connectivity index (χ1n) is 10.6. The Labute approximate surface area is 183 Å². The van der Waals surface area contributed by atoms with Gasteiger partial charge in [-0.25, -0.2) is 4.98 Å². The number of likely N-dealkylation sites (tertiary alicyclic amines) is 1. The molecule has 1 aromatic heterocycles. The van der Waals surface area contributed by atoms with E-state index < -0.39 is 47.8 Å². The standard InChI is InChI=1S/C20H28F3N5O4/c1-3-6-12(15(29)20(21,22)23)26-17(30)14-8-5-11-28(14)19(32)13(7-4-2)27-18(31)16-24-9-10-25-16/h9-10,12-14H,3-8,11H2,1-2H3,(H,24,25)(H,26,30)(H,27,31)/t12-,13-,14?/m0/s1. The van der Waals surface area contributed by atoms with Crippen molar-refractivity contribution in [2.24, 2.45) is 0 Å². The summed E-state index contributed by atoms with van der Waals surface area (Å²) in [5, 5.41) is 4.78. The number of carbonyl (C=O) groups is 4. The van der Waals surface area contributed by atoms with Gasteiger partial charge in [0.05, 0.1) is 6.04 Å². The number of rotatable bonds is 10. The van der Waals surface area contributed by atoms with Crippen molar-refractivity contribution in [1.82, 2.24) is 25.5 Å². The predicted octanol–water partition coefficient (Wildman–Crippen LogP) is 1.72. The molecule has 2 heterocycles. The zero-order chi connectivity index (χ0) is 23.9. The molecule has 1 aliphatic heterocycles. The molecule has 3 atom stereocenters. The second-order valence-electron chi connectivity index (χ2n) is 7.65. The van der Waals surface area contributed by atoms with Crippen LogP contribution in [-0.4, -0.2) is 69.2 Å². The van der Waals surface area contributed by atoms with Gasteiger partial charge in [0, 0.05) is 18.9 Å². The van der Waals surface area contributed by atoms with Crippen LogP contribution in [0.4, 0.5) is 13.2 Å². The fourth-order valence-electron chi connectivity index (χ4n) is 3.69. The van der Waals surface area contributed by atoms with E-state index in [1.165, 1.54) is 17.3 Å². The predicted molar refractivity (Wildman–Crippen MR) is 107 cm³/mol. The van der Waals surface area contributed by atoms with Crippen LogP contribution >= 0.6 is 0 Å². The number of Topliss-reactive ketones (excluding diaryl/α,β-unsaturated/α-hetero) is 1. The van der Waals surface area contributed by atoms with Gasteiger partial charge in [0.25, 0.3) is 11.7 Å². The highest BCUT2D eigenvalue weighted by molar-refractivity contribution is 5.98. The number of aromatic nitrogens is 2. The SMILES string of the molecule is CCC[C@H](NC(=O)c1ncc[nH]1)C(=O)N1CCCC1C(=O)N[C@@H](CCC)C(=O)C(F)(F)F.